The molecule has 1 aliphatic rings. The molecule has 1 aliphatic heterocycles. The number of ether oxygens (including phenoxy) is 1. The second kappa shape index (κ2) is 6.90. The number of cyclic esters (lactones) is 1. The Bertz CT molecular complexity index is 729. The Labute approximate surface area is 141 Å². The number of nitrogens with one attached hydrogen (secondary N) is 1. The highest BCUT2D eigenvalue weighted by atomic mass is 32.2. The minimum absolute atomic E-state index is 0.0429. The van der Waals surface area contributed by atoms with Crippen LogP contribution in [0.15, 0.2) is 29.2 Å². The van der Waals surface area contributed by atoms with Crippen LogP contribution >= 0.6 is 0 Å². The third-order valence-electron chi connectivity index (χ3n) is 4.12. The summed E-state index contributed by atoms with van der Waals surface area (Å²) in [7, 11) is -3.78. The molecule has 1 heterocycles. The minimum atomic E-state index is -3.78. The zero-order valence-electron chi connectivity index (χ0n) is 13.7. The molecular weight excluding hydrogens is 332 g/mol. The van der Waals surface area contributed by atoms with Gasteiger partial charge in [0, 0.05) is 12.1 Å². The minimum Gasteiger partial charge on any atom is -0.449 e. The fourth-order valence-electron chi connectivity index (χ4n) is 2.70. The van der Waals surface area contributed by atoms with Gasteiger partial charge in [0.25, 0.3) is 5.91 Å². The van der Waals surface area contributed by atoms with E-state index in [-0.39, 0.29) is 16.8 Å². The Morgan fingerprint density at radius 1 is 1.38 bits per heavy atom. The molecule has 1 amide bonds. The molecule has 2 atom stereocenters. The zero-order valence-corrected chi connectivity index (χ0v) is 14.6. The van der Waals surface area contributed by atoms with Crippen molar-refractivity contribution in [2.75, 3.05) is 5.32 Å². The second-order valence-corrected chi connectivity index (χ2v) is 7.78. The molecular formula is C16H22N2O5S. The summed E-state index contributed by atoms with van der Waals surface area (Å²) in [4.78, 5) is 24.3. The van der Waals surface area contributed by atoms with Crippen LogP contribution in [0.5, 0.6) is 0 Å². The predicted octanol–water partition coefficient (Wildman–Crippen LogP) is 1.78. The van der Waals surface area contributed by atoms with Crippen molar-refractivity contribution in [2.45, 2.75) is 50.0 Å². The lowest BCUT2D eigenvalue weighted by molar-refractivity contribution is -0.155. The van der Waals surface area contributed by atoms with E-state index in [9.17, 15) is 18.0 Å². The first-order valence-electron chi connectivity index (χ1n) is 7.83. The van der Waals surface area contributed by atoms with E-state index in [1.165, 1.54) is 24.3 Å². The van der Waals surface area contributed by atoms with Crippen molar-refractivity contribution in [3.8, 4) is 0 Å². The normalized spacial score (nSPS) is 23.8. The SMILES string of the molecule is CCCC[C@H]1C[C@@](C)(C(=O)Nc2ccc(S(N)(=O)=O)cc2)OC1=O. The van der Waals surface area contributed by atoms with E-state index in [1.54, 1.807) is 6.92 Å². The topological polar surface area (TPSA) is 116 Å². The van der Waals surface area contributed by atoms with Gasteiger partial charge in [-0.05, 0) is 37.6 Å². The predicted molar refractivity (Wildman–Crippen MR) is 88.6 cm³/mol. The second-order valence-electron chi connectivity index (χ2n) is 6.22. The van der Waals surface area contributed by atoms with Crippen LogP contribution in [0.2, 0.25) is 0 Å². The van der Waals surface area contributed by atoms with Crippen molar-refractivity contribution >= 4 is 27.6 Å². The summed E-state index contributed by atoms with van der Waals surface area (Å²) in [6, 6.07) is 5.48. The molecule has 0 radical (unpaired) electrons. The number of benzene rings is 1. The van der Waals surface area contributed by atoms with Gasteiger partial charge in [-0.25, -0.2) is 13.6 Å². The molecule has 1 fully saturated rings. The van der Waals surface area contributed by atoms with Gasteiger partial charge in [0.2, 0.25) is 10.0 Å². The fraction of sp³-hybridized carbons (Fsp3) is 0.500. The summed E-state index contributed by atoms with van der Waals surface area (Å²) in [6.07, 6.45) is 2.93. The number of carbonyl (C=O) groups excluding carboxylic acids is 2. The third-order valence-corrected chi connectivity index (χ3v) is 5.05. The van der Waals surface area contributed by atoms with Crippen molar-refractivity contribution in [3.63, 3.8) is 0 Å². The van der Waals surface area contributed by atoms with Crippen LogP contribution in [-0.4, -0.2) is 25.9 Å². The van der Waals surface area contributed by atoms with Crippen LogP contribution < -0.4 is 10.5 Å². The lowest BCUT2D eigenvalue weighted by Crippen LogP contribution is -2.39. The molecule has 0 spiro atoms. The van der Waals surface area contributed by atoms with Gasteiger partial charge in [0.05, 0.1) is 10.8 Å². The van der Waals surface area contributed by atoms with E-state index >= 15 is 0 Å². The number of carbonyl (C=O) groups is 2. The molecule has 0 unspecified atom stereocenters. The van der Waals surface area contributed by atoms with Gasteiger partial charge in [-0.15, -0.1) is 0 Å². The van der Waals surface area contributed by atoms with E-state index in [4.69, 9.17) is 9.88 Å². The molecule has 24 heavy (non-hydrogen) atoms. The zero-order chi connectivity index (χ0) is 18.0. The smallest absolute Gasteiger partial charge is 0.310 e. The standard InChI is InChI=1S/C16H22N2O5S/c1-3-4-5-11-10-16(2,23-14(11)19)15(20)18-12-6-8-13(9-7-12)24(17,21)22/h6-9,11H,3-5,10H2,1-2H3,(H,18,20)(H2,17,21,22)/t11-,16-/m0/s1. The Morgan fingerprint density at radius 2 is 2.00 bits per heavy atom. The average molecular weight is 354 g/mol. The Hall–Kier alpha value is -1.93. The summed E-state index contributed by atoms with van der Waals surface area (Å²) in [6.45, 7) is 3.63. The van der Waals surface area contributed by atoms with Crippen molar-refractivity contribution in [1.82, 2.24) is 0 Å². The Kier molecular flexibility index (Phi) is 5.29. The van der Waals surface area contributed by atoms with Crippen LogP contribution in [0.4, 0.5) is 5.69 Å². The highest BCUT2D eigenvalue weighted by molar-refractivity contribution is 7.89. The number of rotatable bonds is 6. The number of anilines is 1. The molecule has 0 aromatic heterocycles. The number of unbranched alkanes of at least 4 members (excludes halogenated alkanes) is 1. The molecule has 0 aliphatic carbocycles. The largest absolute Gasteiger partial charge is 0.449 e. The van der Waals surface area contributed by atoms with Crippen LogP contribution in [0.1, 0.15) is 39.5 Å². The van der Waals surface area contributed by atoms with Crippen molar-refractivity contribution < 1.29 is 22.7 Å². The van der Waals surface area contributed by atoms with Gasteiger partial charge in [-0.2, -0.15) is 0 Å². The summed E-state index contributed by atoms with van der Waals surface area (Å²) in [5.74, 6) is -1.03. The van der Waals surface area contributed by atoms with E-state index < -0.39 is 21.5 Å². The highest BCUT2D eigenvalue weighted by Crippen LogP contribution is 2.34. The molecule has 132 valence electrons. The van der Waals surface area contributed by atoms with Crippen LogP contribution in [-0.2, 0) is 24.3 Å². The van der Waals surface area contributed by atoms with E-state index in [0.29, 0.717) is 18.5 Å². The molecule has 8 heteroatoms. The maximum absolute atomic E-state index is 12.5. The Morgan fingerprint density at radius 3 is 2.54 bits per heavy atom. The lowest BCUT2D eigenvalue weighted by Gasteiger charge is -2.21. The number of hydrogen-bond donors (Lipinski definition) is 2. The number of esters is 1. The average Bonchev–Trinajstić information content (AvgIpc) is 2.80. The highest BCUT2D eigenvalue weighted by Gasteiger charge is 2.48. The van der Waals surface area contributed by atoms with Crippen LogP contribution in [0.3, 0.4) is 0 Å². The maximum Gasteiger partial charge on any atom is 0.310 e. The van der Waals surface area contributed by atoms with E-state index in [1.807, 2.05) is 6.92 Å². The van der Waals surface area contributed by atoms with Gasteiger partial charge in [0.15, 0.2) is 5.60 Å². The van der Waals surface area contributed by atoms with Gasteiger partial charge in [-0.1, -0.05) is 19.8 Å². The van der Waals surface area contributed by atoms with Crippen molar-refractivity contribution in [2.24, 2.45) is 11.1 Å². The molecule has 0 bridgehead atoms. The van der Waals surface area contributed by atoms with Gasteiger partial charge in [-0.3, -0.25) is 9.59 Å². The first-order valence-corrected chi connectivity index (χ1v) is 9.37. The summed E-state index contributed by atoms with van der Waals surface area (Å²) < 4.78 is 27.7. The lowest BCUT2D eigenvalue weighted by atomic mass is 9.91. The molecule has 1 aromatic carbocycles. The summed E-state index contributed by atoms with van der Waals surface area (Å²) in [5.41, 5.74) is -0.810. The van der Waals surface area contributed by atoms with E-state index in [2.05, 4.69) is 5.32 Å². The number of primary sulfonamides is 1. The first-order chi connectivity index (χ1) is 11.2. The fourth-order valence-corrected chi connectivity index (χ4v) is 3.22. The Balaban J connectivity index is 2.05. The van der Waals surface area contributed by atoms with Crippen LogP contribution in [0, 0.1) is 5.92 Å². The van der Waals surface area contributed by atoms with Gasteiger partial charge >= 0.3 is 5.97 Å². The van der Waals surface area contributed by atoms with Crippen molar-refractivity contribution in [1.29, 1.82) is 0 Å². The first kappa shape index (κ1) is 18.4. The molecule has 1 aromatic rings. The molecule has 3 N–H and O–H groups in total. The third kappa shape index (κ3) is 4.12. The molecule has 0 saturated carbocycles. The number of amides is 1. The van der Waals surface area contributed by atoms with Crippen LogP contribution in [0.25, 0.3) is 0 Å². The molecule has 7 nitrogen and oxygen atoms in total. The van der Waals surface area contributed by atoms with Crippen molar-refractivity contribution in [3.05, 3.63) is 24.3 Å². The maximum atomic E-state index is 12.5. The van der Waals surface area contributed by atoms with Gasteiger partial charge in [0.1, 0.15) is 0 Å². The summed E-state index contributed by atoms with van der Waals surface area (Å²) >= 11 is 0. The van der Waals surface area contributed by atoms with E-state index in [0.717, 1.165) is 12.8 Å². The molecule has 1 saturated heterocycles. The van der Waals surface area contributed by atoms with Gasteiger partial charge < -0.3 is 10.1 Å². The number of nitrogens with two attached hydrogens (primary N) is 1. The summed E-state index contributed by atoms with van der Waals surface area (Å²) in [5, 5.41) is 7.67. The molecule has 2 rings (SSSR count). The monoisotopic (exact) mass is 354 g/mol. The number of hydrogen-bond acceptors (Lipinski definition) is 5. The number of sulfonamides is 1. The quantitative estimate of drug-likeness (QED) is 0.756.